The lowest BCUT2D eigenvalue weighted by molar-refractivity contribution is -0.149. The van der Waals surface area contributed by atoms with Gasteiger partial charge in [-0.05, 0) is 49.8 Å². The van der Waals surface area contributed by atoms with Crippen molar-refractivity contribution in [3.8, 4) is 0 Å². The average molecular weight is 554 g/mol. The standard InChI is InChI=1S/C30H36ClN3O5/c1-17(2)21(16-35)34-25(27(37)33-24-18(3)9-8-12-20(24)31)30-14-13-29(4,39-30)22(23(30)28(34)38)26(36)32-15-19-10-6-5-7-11-19/h5-12,17,21-23,25,35H,13-16H2,1-4H3,(H,32,36)(H,33,37)/t21-,22+,23-,25?,29-,30?/m0/s1. The maximum absolute atomic E-state index is 14.3. The highest BCUT2D eigenvalue weighted by Crippen LogP contribution is 2.63. The molecular formula is C30H36ClN3O5. The highest BCUT2D eigenvalue weighted by Gasteiger charge is 2.78. The molecule has 0 aromatic heterocycles. The van der Waals surface area contributed by atoms with Gasteiger partial charge in [-0.25, -0.2) is 0 Å². The predicted molar refractivity (Wildman–Crippen MR) is 148 cm³/mol. The first-order valence-corrected chi connectivity index (χ1v) is 13.9. The molecule has 2 bridgehead atoms. The van der Waals surface area contributed by atoms with Crippen LogP contribution in [0.25, 0.3) is 0 Å². The number of fused-ring (bicyclic) bond motifs is 1. The third-order valence-corrected chi connectivity index (χ3v) is 9.15. The summed E-state index contributed by atoms with van der Waals surface area (Å²) < 4.78 is 6.67. The van der Waals surface area contributed by atoms with Gasteiger partial charge in [-0.2, -0.15) is 0 Å². The molecule has 3 N–H and O–H groups in total. The van der Waals surface area contributed by atoms with E-state index in [0.29, 0.717) is 30.1 Å². The summed E-state index contributed by atoms with van der Waals surface area (Å²) in [4.78, 5) is 43.6. The number of rotatable bonds is 8. The number of hydrogen-bond acceptors (Lipinski definition) is 5. The topological polar surface area (TPSA) is 108 Å². The maximum Gasteiger partial charge on any atom is 0.250 e. The molecule has 0 aliphatic carbocycles. The van der Waals surface area contributed by atoms with Crippen LogP contribution in [-0.2, 0) is 25.7 Å². The van der Waals surface area contributed by atoms with Gasteiger partial charge in [-0.1, -0.05) is 67.9 Å². The molecule has 8 nitrogen and oxygen atoms in total. The van der Waals surface area contributed by atoms with Gasteiger partial charge in [0.05, 0.1) is 40.8 Å². The monoisotopic (exact) mass is 553 g/mol. The van der Waals surface area contributed by atoms with Crippen molar-refractivity contribution in [2.75, 3.05) is 11.9 Å². The minimum absolute atomic E-state index is 0.135. The van der Waals surface area contributed by atoms with Gasteiger partial charge in [0.15, 0.2) is 0 Å². The van der Waals surface area contributed by atoms with Crippen LogP contribution in [0.4, 0.5) is 5.69 Å². The van der Waals surface area contributed by atoms with Crippen LogP contribution in [0.5, 0.6) is 0 Å². The summed E-state index contributed by atoms with van der Waals surface area (Å²) in [6, 6.07) is 13.3. The number of nitrogens with zero attached hydrogens (tertiary/aromatic N) is 1. The Labute approximate surface area is 234 Å². The molecule has 208 valence electrons. The number of carbonyl (C=O) groups is 3. The Hall–Kier alpha value is -2.94. The maximum atomic E-state index is 14.3. The third-order valence-electron chi connectivity index (χ3n) is 8.84. The molecule has 9 heteroatoms. The number of para-hydroxylation sites is 1. The Balaban J connectivity index is 1.52. The van der Waals surface area contributed by atoms with Crippen LogP contribution in [0.15, 0.2) is 48.5 Å². The molecule has 2 aromatic rings. The Kier molecular flexibility index (Phi) is 7.24. The molecule has 3 heterocycles. The van der Waals surface area contributed by atoms with E-state index in [1.54, 1.807) is 12.1 Å². The van der Waals surface area contributed by atoms with Gasteiger partial charge in [-0.15, -0.1) is 0 Å². The minimum atomic E-state index is -1.19. The summed E-state index contributed by atoms with van der Waals surface area (Å²) in [6.45, 7) is 7.52. The van der Waals surface area contributed by atoms with E-state index in [1.807, 2.05) is 64.1 Å². The fourth-order valence-corrected chi connectivity index (χ4v) is 7.19. The van der Waals surface area contributed by atoms with Crippen LogP contribution in [0.3, 0.4) is 0 Å². The summed E-state index contributed by atoms with van der Waals surface area (Å²) in [7, 11) is 0. The van der Waals surface area contributed by atoms with E-state index in [4.69, 9.17) is 16.3 Å². The molecule has 0 radical (unpaired) electrons. The first kappa shape index (κ1) is 27.6. The number of nitrogens with one attached hydrogen (secondary N) is 2. The van der Waals surface area contributed by atoms with Crippen LogP contribution in [0.1, 0.15) is 44.7 Å². The van der Waals surface area contributed by atoms with Crippen LogP contribution in [0.2, 0.25) is 5.02 Å². The Morgan fingerprint density at radius 3 is 2.49 bits per heavy atom. The third kappa shape index (κ3) is 4.42. The number of ether oxygens (including phenoxy) is 1. The first-order chi connectivity index (χ1) is 18.5. The number of likely N-dealkylation sites (tertiary alicyclic amines) is 1. The fraction of sp³-hybridized carbons (Fsp3) is 0.500. The Morgan fingerprint density at radius 2 is 1.85 bits per heavy atom. The summed E-state index contributed by atoms with van der Waals surface area (Å²) in [5.41, 5.74) is 0.116. The normalized spacial score (nSPS) is 30.0. The van der Waals surface area contributed by atoms with E-state index < -0.39 is 41.0 Å². The largest absolute Gasteiger partial charge is 0.394 e. The van der Waals surface area contributed by atoms with E-state index in [1.165, 1.54) is 4.90 Å². The molecule has 3 fully saturated rings. The van der Waals surface area contributed by atoms with Crippen LogP contribution in [-0.4, -0.2) is 57.6 Å². The first-order valence-electron chi connectivity index (χ1n) is 13.5. The fourth-order valence-electron chi connectivity index (χ4n) is 6.92. The van der Waals surface area contributed by atoms with Gasteiger partial charge < -0.3 is 25.4 Å². The number of aliphatic hydroxyl groups excluding tert-OH is 1. The molecule has 5 rings (SSSR count). The van der Waals surface area contributed by atoms with E-state index in [-0.39, 0.29) is 24.3 Å². The second-order valence-electron chi connectivity index (χ2n) is 11.6. The van der Waals surface area contributed by atoms with Crippen molar-refractivity contribution in [3.63, 3.8) is 0 Å². The summed E-state index contributed by atoms with van der Waals surface area (Å²) >= 11 is 6.43. The number of hydrogen-bond donors (Lipinski definition) is 3. The van der Waals surface area contributed by atoms with Crippen LogP contribution in [0, 0.1) is 24.7 Å². The molecule has 3 aliphatic rings. The number of amides is 3. The Bertz CT molecular complexity index is 1270. The zero-order chi connectivity index (χ0) is 28.1. The van der Waals surface area contributed by atoms with E-state index in [0.717, 1.165) is 11.1 Å². The van der Waals surface area contributed by atoms with E-state index in [2.05, 4.69) is 10.6 Å². The van der Waals surface area contributed by atoms with Crippen molar-refractivity contribution < 1.29 is 24.2 Å². The number of aliphatic hydroxyl groups is 1. The molecule has 6 atom stereocenters. The van der Waals surface area contributed by atoms with E-state index in [9.17, 15) is 19.5 Å². The Morgan fingerprint density at radius 1 is 1.13 bits per heavy atom. The van der Waals surface area contributed by atoms with Crippen molar-refractivity contribution >= 4 is 35.0 Å². The highest BCUT2D eigenvalue weighted by atomic mass is 35.5. The molecule has 0 saturated carbocycles. The van der Waals surface area contributed by atoms with Gasteiger partial charge >= 0.3 is 0 Å². The molecular weight excluding hydrogens is 518 g/mol. The van der Waals surface area contributed by atoms with Crippen molar-refractivity contribution in [1.29, 1.82) is 0 Å². The smallest absolute Gasteiger partial charge is 0.250 e. The SMILES string of the molecule is Cc1cccc(Cl)c1NC(=O)C1N([C@@H](CO)C(C)C)C(=O)[C@@H]2[C@H](C(=O)NCc3ccccc3)[C@]3(C)CCC12O3. The number of benzene rings is 2. The number of aryl methyl sites for hydroxylation is 1. The van der Waals surface area contributed by atoms with Crippen molar-refractivity contribution in [2.45, 2.75) is 70.4 Å². The number of carbonyl (C=O) groups excluding carboxylic acids is 3. The quantitative estimate of drug-likeness (QED) is 0.462. The van der Waals surface area contributed by atoms with Crippen molar-refractivity contribution in [1.82, 2.24) is 10.2 Å². The van der Waals surface area contributed by atoms with Crippen LogP contribution < -0.4 is 10.6 Å². The summed E-state index contributed by atoms with van der Waals surface area (Å²) in [6.07, 6.45) is 0.989. The lowest BCUT2D eigenvalue weighted by Crippen LogP contribution is -2.57. The van der Waals surface area contributed by atoms with Crippen LogP contribution >= 0.6 is 11.6 Å². The van der Waals surface area contributed by atoms with Gasteiger partial charge in [0.2, 0.25) is 17.7 Å². The number of anilines is 1. The van der Waals surface area contributed by atoms with Gasteiger partial charge in [-0.3, -0.25) is 14.4 Å². The summed E-state index contributed by atoms with van der Waals surface area (Å²) in [5, 5.41) is 16.7. The molecule has 39 heavy (non-hydrogen) atoms. The second-order valence-corrected chi connectivity index (χ2v) is 12.0. The molecule has 1 spiro atoms. The zero-order valence-corrected chi connectivity index (χ0v) is 23.5. The lowest BCUT2D eigenvalue weighted by Gasteiger charge is -2.38. The second kappa shape index (κ2) is 10.2. The molecule has 3 amide bonds. The van der Waals surface area contributed by atoms with Gasteiger partial charge in [0.1, 0.15) is 11.6 Å². The lowest BCUT2D eigenvalue weighted by atomic mass is 9.66. The highest BCUT2D eigenvalue weighted by molar-refractivity contribution is 6.34. The van der Waals surface area contributed by atoms with Crippen molar-refractivity contribution in [2.24, 2.45) is 17.8 Å². The predicted octanol–water partition coefficient (Wildman–Crippen LogP) is 3.68. The summed E-state index contributed by atoms with van der Waals surface area (Å²) in [5.74, 6) is -2.78. The molecule has 3 saturated heterocycles. The van der Waals surface area contributed by atoms with E-state index >= 15 is 0 Å². The average Bonchev–Trinajstić information content (AvgIpc) is 3.47. The molecule has 2 unspecified atom stereocenters. The minimum Gasteiger partial charge on any atom is -0.394 e. The zero-order valence-electron chi connectivity index (χ0n) is 22.7. The van der Waals surface area contributed by atoms with Crippen molar-refractivity contribution in [3.05, 3.63) is 64.7 Å². The number of halogens is 1. The van der Waals surface area contributed by atoms with Gasteiger partial charge in [0.25, 0.3) is 0 Å². The van der Waals surface area contributed by atoms with Gasteiger partial charge in [0, 0.05) is 6.54 Å². The molecule has 2 aromatic carbocycles. The molecule has 3 aliphatic heterocycles.